The number of aryl methyl sites for hydroxylation is 1. The molecule has 0 aliphatic carbocycles. The van der Waals surface area contributed by atoms with Crippen LogP contribution in [-0.4, -0.2) is 37.7 Å². The molecule has 7 heteroatoms. The van der Waals surface area contributed by atoms with Gasteiger partial charge in [0.05, 0.1) is 0 Å². The Labute approximate surface area is 141 Å². The summed E-state index contributed by atoms with van der Waals surface area (Å²) in [5.41, 5.74) is 1.16. The first-order chi connectivity index (χ1) is 11.4. The second-order valence-corrected chi connectivity index (χ2v) is 5.60. The van der Waals surface area contributed by atoms with Gasteiger partial charge in [0, 0.05) is 6.54 Å². The van der Waals surface area contributed by atoms with E-state index in [1.807, 2.05) is 32.9 Å². The van der Waals surface area contributed by atoms with E-state index in [0.29, 0.717) is 12.3 Å². The van der Waals surface area contributed by atoms with Gasteiger partial charge in [-0.25, -0.2) is 9.59 Å². The molecule has 0 saturated heterocycles. The van der Waals surface area contributed by atoms with Crippen molar-refractivity contribution in [2.45, 2.75) is 27.2 Å². The number of nitrogens with one attached hydrogen (secondary N) is 2. The maximum absolute atomic E-state index is 11.5. The number of urea groups is 1. The molecule has 0 aromatic heterocycles. The van der Waals surface area contributed by atoms with Gasteiger partial charge >= 0.3 is 12.0 Å². The van der Waals surface area contributed by atoms with Gasteiger partial charge in [0.2, 0.25) is 0 Å². The molecule has 0 fully saturated rings. The third kappa shape index (κ3) is 8.17. The van der Waals surface area contributed by atoms with Crippen molar-refractivity contribution < 1.29 is 23.9 Å². The Morgan fingerprint density at radius 3 is 2.33 bits per heavy atom. The molecule has 0 unspecified atom stereocenters. The van der Waals surface area contributed by atoms with Crippen LogP contribution in [0, 0.1) is 5.92 Å². The molecular formula is C17H24N2O5. The molecule has 24 heavy (non-hydrogen) atoms. The molecule has 0 radical (unpaired) electrons. The van der Waals surface area contributed by atoms with E-state index in [0.717, 1.165) is 12.0 Å². The fourth-order valence-corrected chi connectivity index (χ4v) is 1.66. The summed E-state index contributed by atoms with van der Waals surface area (Å²) in [4.78, 5) is 34.3. The van der Waals surface area contributed by atoms with Crippen LogP contribution in [0.4, 0.5) is 4.79 Å². The molecule has 2 N–H and O–H groups in total. The van der Waals surface area contributed by atoms with E-state index in [1.165, 1.54) is 0 Å². The van der Waals surface area contributed by atoms with Crippen molar-refractivity contribution in [2.75, 3.05) is 19.8 Å². The molecule has 132 valence electrons. The summed E-state index contributed by atoms with van der Waals surface area (Å²) in [6, 6.07) is 6.72. The second-order valence-electron chi connectivity index (χ2n) is 5.60. The van der Waals surface area contributed by atoms with E-state index >= 15 is 0 Å². The third-order valence-electron chi connectivity index (χ3n) is 2.98. The normalized spacial score (nSPS) is 10.2. The van der Waals surface area contributed by atoms with E-state index in [-0.39, 0.29) is 12.5 Å². The Morgan fingerprint density at radius 1 is 1.08 bits per heavy atom. The predicted octanol–water partition coefficient (Wildman–Crippen LogP) is 1.65. The van der Waals surface area contributed by atoms with E-state index in [4.69, 9.17) is 9.47 Å². The van der Waals surface area contributed by atoms with Crippen molar-refractivity contribution >= 4 is 17.9 Å². The highest BCUT2D eigenvalue weighted by atomic mass is 16.6. The zero-order valence-corrected chi connectivity index (χ0v) is 14.3. The fraction of sp³-hybridized carbons (Fsp3) is 0.471. The summed E-state index contributed by atoms with van der Waals surface area (Å²) >= 11 is 0. The average molecular weight is 336 g/mol. The first kappa shape index (κ1) is 19.5. The Morgan fingerprint density at radius 2 is 1.75 bits per heavy atom. The highest BCUT2D eigenvalue weighted by molar-refractivity contribution is 5.95. The lowest BCUT2D eigenvalue weighted by molar-refractivity contribution is -0.150. The maximum Gasteiger partial charge on any atom is 0.344 e. The Hall–Kier alpha value is -2.57. The molecule has 1 aromatic rings. The number of ether oxygens (including phenoxy) is 2. The van der Waals surface area contributed by atoms with Crippen molar-refractivity contribution in [1.29, 1.82) is 0 Å². The van der Waals surface area contributed by atoms with Gasteiger partial charge in [-0.1, -0.05) is 32.9 Å². The number of rotatable bonds is 8. The third-order valence-corrected chi connectivity index (χ3v) is 2.98. The summed E-state index contributed by atoms with van der Waals surface area (Å²) in [6.07, 6.45) is 0.919. The number of carbonyl (C=O) groups excluding carboxylic acids is 3. The minimum atomic E-state index is -0.697. The van der Waals surface area contributed by atoms with E-state index in [2.05, 4.69) is 10.6 Å². The molecule has 0 heterocycles. The van der Waals surface area contributed by atoms with Crippen LogP contribution in [-0.2, 0) is 20.7 Å². The Bertz CT molecular complexity index is 555. The van der Waals surface area contributed by atoms with Gasteiger partial charge in [0.15, 0.2) is 13.2 Å². The Balaban J connectivity index is 2.22. The van der Waals surface area contributed by atoms with E-state index in [9.17, 15) is 14.4 Å². The molecule has 3 amide bonds. The molecule has 1 rings (SSSR count). The molecule has 1 aromatic carbocycles. The van der Waals surface area contributed by atoms with Crippen LogP contribution in [0.25, 0.3) is 0 Å². The topological polar surface area (TPSA) is 93.7 Å². The summed E-state index contributed by atoms with van der Waals surface area (Å²) in [5.74, 6) is -0.571. The minimum absolute atomic E-state index is 0.271. The van der Waals surface area contributed by atoms with Gasteiger partial charge in [-0.15, -0.1) is 0 Å². The van der Waals surface area contributed by atoms with Crippen molar-refractivity contribution in [3.05, 3.63) is 29.8 Å². The number of carbonyl (C=O) groups is 3. The highest BCUT2D eigenvalue weighted by Crippen LogP contribution is 2.12. The van der Waals surface area contributed by atoms with Gasteiger partial charge < -0.3 is 14.8 Å². The number of esters is 1. The first-order valence-corrected chi connectivity index (χ1v) is 7.85. The van der Waals surface area contributed by atoms with Gasteiger partial charge in [-0.2, -0.15) is 0 Å². The molecule has 0 saturated carbocycles. The second kappa shape index (κ2) is 10.3. The number of hydrogen-bond donors (Lipinski definition) is 2. The lowest BCUT2D eigenvalue weighted by atomic mass is 10.2. The quantitative estimate of drug-likeness (QED) is 0.704. The van der Waals surface area contributed by atoms with Crippen molar-refractivity contribution in [3.8, 4) is 5.75 Å². The van der Waals surface area contributed by atoms with E-state index in [1.54, 1.807) is 12.1 Å². The largest absolute Gasteiger partial charge is 0.482 e. The monoisotopic (exact) mass is 336 g/mol. The molecule has 0 aliphatic heterocycles. The van der Waals surface area contributed by atoms with Crippen LogP contribution in [0.3, 0.4) is 0 Å². The number of amides is 3. The first-order valence-electron chi connectivity index (χ1n) is 7.85. The molecule has 7 nitrogen and oxygen atoms in total. The summed E-state index contributed by atoms with van der Waals surface area (Å²) in [5, 5.41) is 4.59. The molecular weight excluding hydrogens is 312 g/mol. The van der Waals surface area contributed by atoms with Gasteiger partial charge in [-0.3, -0.25) is 10.1 Å². The highest BCUT2D eigenvalue weighted by Gasteiger charge is 2.11. The van der Waals surface area contributed by atoms with Crippen LogP contribution in [0.15, 0.2) is 24.3 Å². The zero-order chi connectivity index (χ0) is 17.9. The molecule has 0 bridgehead atoms. The number of benzene rings is 1. The molecule has 0 atom stereocenters. The van der Waals surface area contributed by atoms with Crippen molar-refractivity contribution in [2.24, 2.45) is 5.92 Å². The molecule has 0 aliphatic rings. The van der Waals surface area contributed by atoms with Gasteiger partial charge in [-0.05, 0) is 30.0 Å². The van der Waals surface area contributed by atoms with Crippen LogP contribution in [0.5, 0.6) is 5.75 Å². The van der Waals surface area contributed by atoms with E-state index < -0.39 is 24.5 Å². The fourth-order valence-electron chi connectivity index (χ4n) is 1.66. The minimum Gasteiger partial charge on any atom is -0.482 e. The summed E-state index contributed by atoms with van der Waals surface area (Å²) in [7, 11) is 0. The summed E-state index contributed by atoms with van der Waals surface area (Å²) < 4.78 is 10.0. The Kier molecular flexibility index (Phi) is 8.32. The van der Waals surface area contributed by atoms with Crippen LogP contribution in [0.1, 0.15) is 26.3 Å². The molecule has 0 spiro atoms. The van der Waals surface area contributed by atoms with Crippen LogP contribution in [0.2, 0.25) is 0 Å². The lowest BCUT2D eigenvalue weighted by Crippen LogP contribution is -2.42. The van der Waals surface area contributed by atoms with Crippen molar-refractivity contribution in [1.82, 2.24) is 10.6 Å². The maximum atomic E-state index is 11.5. The average Bonchev–Trinajstić information content (AvgIpc) is 2.56. The summed E-state index contributed by atoms with van der Waals surface area (Å²) in [6.45, 7) is 5.51. The van der Waals surface area contributed by atoms with Gasteiger partial charge in [0.1, 0.15) is 5.75 Å². The van der Waals surface area contributed by atoms with Crippen LogP contribution >= 0.6 is 0 Å². The zero-order valence-electron chi connectivity index (χ0n) is 14.3. The lowest BCUT2D eigenvalue weighted by Gasteiger charge is -2.09. The van der Waals surface area contributed by atoms with Crippen molar-refractivity contribution in [3.63, 3.8) is 0 Å². The van der Waals surface area contributed by atoms with Crippen LogP contribution < -0.4 is 15.4 Å². The SMILES string of the molecule is CCc1ccc(OCC(=O)OCC(=O)NC(=O)NCC(C)C)cc1. The smallest absolute Gasteiger partial charge is 0.344 e. The number of imide groups is 1. The standard InChI is InChI=1S/C17H24N2O5/c1-4-13-5-7-14(8-6-13)23-11-16(21)24-10-15(20)19-17(22)18-9-12(2)3/h5-8,12H,4,9-11H2,1-3H3,(H2,18,19,20,22). The van der Waals surface area contributed by atoms with Gasteiger partial charge in [0.25, 0.3) is 5.91 Å². The number of hydrogen-bond acceptors (Lipinski definition) is 5. The predicted molar refractivity (Wildman–Crippen MR) is 88.7 cm³/mol.